The largest absolute Gasteiger partial charge is 0.493 e. The highest BCUT2D eigenvalue weighted by Crippen LogP contribution is 2.35. The Balaban J connectivity index is 1.81. The summed E-state index contributed by atoms with van der Waals surface area (Å²) in [5, 5.41) is 0. The van der Waals surface area contributed by atoms with E-state index in [-0.39, 0.29) is 24.3 Å². The second-order valence-electron chi connectivity index (χ2n) is 8.96. The lowest BCUT2D eigenvalue weighted by Crippen LogP contribution is -2.40. The molecule has 0 saturated heterocycles. The highest BCUT2D eigenvalue weighted by atomic mass is 32.1. The lowest BCUT2D eigenvalue weighted by Gasteiger charge is -2.25. The fourth-order valence-electron chi connectivity index (χ4n) is 4.65. The standard InChI is InChI=1S/C32H27FN2O5S/c1-4-18-40-29-22(12-9-13-24(29)38-3)19-25-30(36)35-28(21-14-16-23(33)17-15-21)26(31(37)39-5-2)27(34-32(35)41-25)20-10-7-6-8-11-20/h4,6-17,19,28H,1,5,18H2,2-3H3/b25-19-/t28-/m0/s1. The van der Waals surface area contributed by atoms with Crippen LogP contribution in [0.15, 0.2) is 101 Å². The first-order valence-electron chi connectivity index (χ1n) is 12.9. The van der Waals surface area contributed by atoms with Crippen molar-refractivity contribution < 1.29 is 23.4 Å². The summed E-state index contributed by atoms with van der Waals surface area (Å²) in [5.74, 6) is -0.0654. The molecule has 0 aliphatic carbocycles. The maximum absolute atomic E-state index is 14.1. The quantitative estimate of drug-likeness (QED) is 0.216. The van der Waals surface area contributed by atoms with E-state index >= 15 is 0 Å². The van der Waals surface area contributed by atoms with Gasteiger partial charge in [-0.2, -0.15) is 0 Å². The van der Waals surface area contributed by atoms with Gasteiger partial charge in [0.15, 0.2) is 16.3 Å². The van der Waals surface area contributed by atoms with Crippen LogP contribution in [0.5, 0.6) is 11.5 Å². The van der Waals surface area contributed by atoms with E-state index in [1.54, 1.807) is 50.5 Å². The van der Waals surface area contributed by atoms with E-state index in [0.29, 0.717) is 43.2 Å². The Labute approximate surface area is 239 Å². The fraction of sp³-hybridized carbons (Fsp3) is 0.156. The van der Waals surface area contributed by atoms with Gasteiger partial charge in [0, 0.05) is 11.1 Å². The number of hydrogen-bond donors (Lipinski definition) is 0. The number of rotatable bonds is 9. The molecule has 0 unspecified atom stereocenters. The lowest BCUT2D eigenvalue weighted by molar-refractivity contribution is -0.138. The number of carbonyl (C=O) groups excluding carboxylic acids is 1. The molecule has 41 heavy (non-hydrogen) atoms. The Bertz CT molecular complexity index is 1810. The molecular formula is C32H27FN2O5S. The van der Waals surface area contributed by atoms with Crippen LogP contribution >= 0.6 is 11.3 Å². The molecule has 3 aromatic carbocycles. The van der Waals surface area contributed by atoms with Gasteiger partial charge in [-0.1, -0.05) is 78.6 Å². The van der Waals surface area contributed by atoms with Gasteiger partial charge in [0.1, 0.15) is 12.4 Å². The SMILES string of the molecule is C=CCOc1c(/C=c2\sc3n(c2=O)[C@@H](c2ccc(F)cc2)C(C(=O)OCC)=C(c2ccccc2)N=3)cccc1OC. The van der Waals surface area contributed by atoms with Gasteiger partial charge in [-0.25, -0.2) is 14.2 Å². The molecule has 1 atom stereocenters. The average molecular weight is 571 g/mol. The van der Waals surface area contributed by atoms with Crippen LogP contribution in [0.2, 0.25) is 0 Å². The molecular weight excluding hydrogens is 543 g/mol. The fourth-order valence-corrected chi connectivity index (χ4v) is 5.64. The Morgan fingerprint density at radius 3 is 2.54 bits per heavy atom. The number of hydrogen-bond acceptors (Lipinski definition) is 7. The second kappa shape index (κ2) is 12.2. The minimum Gasteiger partial charge on any atom is -0.493 e. The van der Waals surface area contributed by atoms with Crippen LogP contribution in [-0.4, -0.2) is 30.9 Å². The number of thiazole rings is 1. The molecule has 1 aliphatic rings. The van der Waals surface area contributed by atoms with Crippen LogP contribution in [0.25, 0.3) is 11.8 Å². The molecule has 0 spiro atoms. The average Bonchev–Trinajstić information content (AvgIpc) is 3.30. The normalized spacial score (nSPS) is 14.7. The molecule has 0 radical (unpaired) electrons. The van der Waals surface area contributed by atoms with E-state index in [2.05, 4.69) is 6.58 Å². The van der Waals surface area contributed by atoms with Crippen LogP contribution in [0.4, 0.5) is 4.39 Å². The Morgan fingerprint density at radius 2 is 1.85 bits per heavy atom. The first-order valence-corrected chi connectivity index (χ1v) is 13.7. The molecule has 4 aromatic rings. The smallest absolute Gasteiger partial charge is 0.338 e. The zero-order valence-corrected chi connectivity index (χ0v) is 23.3. The molecule has 0 saturated carbocycles. The van der Waals surface area contributed by atoms with Gasteiger partial charge in [0.2, 0.25) is 0 Å². The minimum absolute atomic E-state index is 0.133. The summed E-state index contributed by atoms with van der Waals surface area (Å²) in [5.41, 5.74) is 2.08. The molecule has 2 heterocycles. The molecule has 0 bridgehead atoms. The van der Waals surface area contributed by atoms with Crippen LogP contribution < -0.4 is 24.4 Å². The number of nitrogens with zero attached hydrogens (tertiary/aromatic N) is 2. The number of fused-ring (bicyclic) bond motifs is 1. The Hall–Kier alpha value is -4.76. The number of halogens is 1. The topological polar surface area (TPSA) is 79.1 Å². The van der Waals surface area contributed by atoms with Crippen molar-refractivity contribution in [3.8, 4) is 11.5 Å². The summed E-state index contributed by atoms with van der Waals surface area (Å²) in [4.78, 5) is 32.8. The summed E-state index contributed by atoms with van der Waals surface area (Å²) in [6.07, 6.45) is 3.33. The van der Waals surface area contributed by atoms with E-state index in [1.807, 2.05) is 36.4 Å². The summed E-state index contributed by atoms with van der Waals surface area (Å²) < 4.78 is 32.6. The van der Waals surface area contributed by atoms with Crippen molar-refractivity contribution in [2.75, 3.05) is 20.3 Å². The van der Waals surface area contributed by atoms with E-state index < -0.39 is 17.8 Å². The Kier molecular flexibility index (Phi) is 8.26. The third-order valence-corrected chi connectivity index (χ3v) is 7.40. The van der Waals surface area contributed by atoms with Gasteiger partial charge in [0.05, 0.1) is 35.6 Å². The van der Waals surface area contributed by atoms with E-state index in [1.165, 1.54) is 28.0 Å². The van der Waals surface area contributed by atoms with E-state index in [4.69, 9.17) is 19.2 Å². The molecule has 1 aromatic heterocycles. The van der Waals surface area contributed by atoms with Crippen molar-refractivity contribution >= 4 is 29.1 Å². The molecule has 9 heteroatoms. The molecule has 5 rings (SSSR count). The number of ether oxygens (including phenoxy) is 3. The molecule has 1 aliphatic heterocycles. The van der Waals surface area contributed by atoms with Gasteiger partial charge in [-0.3, -0.25) is 9.36 Å². The zero-order chi connectivity index (χ0) is 28.9. The molecule has 0 amide bonds. The zero-order valence-electron chi connectivity index (χ0n) is 22.5. The first kappa shape index (κ1) is 27.8. The second-order valence-corrected chi connectivity index (χ2v) is 9.97. The van der Waals surface area contributed by atoms with Crippen LogP contribution in [-0.2, 0) is 9.53 Å². The number of aromatic nitrogens is 1. The third-order valence-electron chi connectivity index (χ3n) is 6.42. The summed E-state index contributed by atoms with van der Waals surface area (Å²) in [6.45, 7) is 5.80. The number of esters is 1. The molecule has 208 valence electrons. The first-order chi connectivity index (χ1) is 20.0. The third kappa shape index (κ3) is 5.49. The van der Waals surface area contributed by atoms with E-state index in [0.717, 1.165) is 0 Å². The van der Waals surface area contributed by atoms with Crippen molar-refractivity contribution in [2.45, 2.75) is 13.0 Å². The molecule has 7 nitrogen and oxygen atoms in total. The van der Waals surface area contributed by atoms with Crippen molar-refractivity contribution in [2.24, 2.45) is 4.99 Å². The number of para-hydroxylation sites is 1. The molecule has 0 fully saturated rings. The van der Waals surface area contributed by atoms with Crippen molar-refractivity contribution in [3.63, 3.8) is 0 Å². The predicted molar refractivity (Wildman–Crippen MR) is 156 cm³/mol. The van der Waals surface area contributed by atoms with Gasteiger partial charge in [0.25, 0.3) is 5.56 Å². The van der Waals surface area contributed by atoms with Crippen LogP contribution in [0.3, 0.4) is 0 Å². The maximum atomic E-state index is 14.1. The van der Waals surface area contributed by atoms with Crippen molar-refractivity contribution in [3.05, 3.63) is 133 Å². The van der Waals surface area contributed by atoms with Gasteiger partial charge >= 0.3 is 5.97 Å². The molecule has 0 N–H and O–H groups in total. The minimum atomic E-state index is -0.898. The summed E-state index contributed by atoms with van der Waals surface area (Å²) >= 11 is 1.18. The van der Waals surface area contributed by atoms with Crippen LogP contribution in [0, 0.1) is 5.82 Å². The van der Waals surface area contributed by atoms with Crippen LogP contribution in [0.1, 0.15) is 29.7 Å². The maximum Gasteiger partial charge on any atom is 0.338 e. The summed E-state index contributed by atoms with van der Waals surface area (Å²) in [6, 6.07) is 19.4. The monoisotopic (exact) mass is 570 g/mol. The van der Waals surface area contributed by atoms with Crippen molar-refractivity contribution in [1.29, 1.82) is 0 Å². The van der Waals surface area contributed by atoms with Crippen molar-refractivity contribution in [1.82, 2.24) is 4.57 Å². The highest BCUT2D eigenvalue weighted by molar-refractivity contribution is 7.07. The van der Waals surface area contributed by atoms with Gasteiger partial charge in [-0.15, -0.1) is 0 Å². The van der Waals surface area contributed by atoms with Gasteiger partial charge in [-0.05, 0) is 36.8 Å². The lowest BCUT2D eigenvalue weighted by atomic mass is 9.93. The number of methoxy groups -OCH3 is 1. The highest BCUT2D eigenvalue weighted by Gasteiger charge is 2.35. The summed E-state index contributed by atoms with van der Waals surface area (Å²) in [7, 11) is 1.54. The predicted octanol–water partition coefficient (Wildman–Crippen LogP) is 4.65. The number of carbonyl (C=O) groups is 1. The van der Waals surface area contributed by atoms with E-state index in [9.17, 15) is 14.0 Å². The van der Waals surface area contributed by atoms with Gasteiger partial charge < -0.3 is 14.2 Å². The number of benzene rings is 3. The Morgan fingerprint density at radius 1 is 1.10 bits per heavy atom.